The second-order valence-corrected chi connectivity index (χ2v) is 6.21. The van der Waals surface area contributed by atoms with Crippen molar-refractivity contribution >= 4 is 24.1 Å². The van der Waals surface area contributed by atoms with Crippen LogP contribution in [-0.4, -0.2) is 21.9 Å². The van der Waals surface area contributed by atoms with Crippen molar-refractivity contribution in [2.45, 2.75) is 13.2 Å². The molecule has 0 atom stereocenters. The molecule has 0 amide bonds. The molecule has 2 aromatic heterocycles. The Hall–Kier alpha value is -4.06. The van der Waals surface area contributed by atoms with Gasteiger partial charge in [0.05, 0.1) is 11.4 Å². The van der Waals surface area contributed by atoms with Crippen LogP contribution in [0.25, 0.3) is 12.2 Å². The van der Waals surface area contributed by atoms with E-state index in [9.17, 15) is 9.59 Å². The third-order valence-electron chi connectivity index (χ3n) is 3.94. The Labute approximate surface area is 174 Å². The molecular weight excluding hydrogens is 380 g/mol. The molecule has 6 nitrogen and oxygen atoms in total. The molecule has 0 saturated carbocycles. The summed E-state index contributed by atoms with van der Waals surface area (Å²) in [4.78, 5) is 31.8. The Kier molecular flexibility index (Phi) is 7.62. The van der Waals surface area contributed by atoms with Gasteiger partial charge in [0.1, 0.15) is 13.2 Å². The third-order valence-corrected chi connectivity index (χ3v) is 3.94. The van der Waals surface area contributed by atoms with Crippen molar-refractivity contribution in [3.05, 3.63) is 108 Å². The maximum Gasteiger partial charge on any atom is 0.331 e. The number of rotatable bonds is 8. The molecule has 0 aliphatic heterocycles. The number of pyridine rings is 2. The van der Waals surface area contributed by atoms with E-state index in [4.69, 9.17) is 9.47 Å². The fraction of sp³-hybridized carbons (Fsp3) is 0.0833. The van der Waals surface area contributed by atoms with Crippen LogP contribution in [0.1, 0.15) is 22.5 Å². The molecule has 3 rings (SSSR count). The lowest BCUT2D eigenvalue weighted by molar-refractivity contribution is -0.139. The molecule has 0 saturated heterocycles. The zero-order valence-corrected chi connectivity index (χ0v) is 16.2. The molecule has 0 spiro atoms. The molecule has 3 aromatic rings. The number of aromatic nitrogens is 2. The summed E-state index contributed by atoms with van der Waals surface area (Å²) in [5, 5.41) is 0. The molecule has 6 heteroatoms. The first-order valence-corrected chi connectivity index (χ1v) is 9.28. The van der Waals surface area contributed by atoms with Crippen LogP contribution in [0.3, 0.4) is 0 Å². The van der Waals surface area contributed by atoms with Gasteiger partial charge >= 0.3 is 11.9 Å². The van der Waals surface area contributed by atoms with Gasteiger partial charge in [0, 0.05) is 24.5 Å². The molecule has 1 aromatic carbocycles. The fourth-order valence-corrected chi connectivity index (χ4v) is 2.39. The Morgan fingerprint density at radius 1 is 0.667 bits per heavy atom. The summed E-state index contributed by atoms with van der Waals surface area (Å²) in [5.41, 5.74) is 3.03. The van der Waals surface area contributed by atoms with E-state index in [1.165, 1.54) is 12.2 Å². The summed E-state index contributed by atoms with van der Waals surface area (Å²) < 4.78 is 10.4. The first-order valence-electron chi connectivity index (χ1n) is 9.28. The van der Waals surface area contributed by atoms with E-state index < -0.39 is 11.9 Å². The summed E-state index contributed by atoms with van der Waals surface area (Å²) in [5.74, 6) is -0.892. The van der Waals surface area contributed by atoms with Gasteiger partial charge in [-0.15, -0.1) is 0 Å². The van der Waals surface area contributed by atoms with Crippen LogP contribution in [0.15, 0.2) is 85.2 Å². The first-order chi connectivity index (χ1) is 14.7. The molecular formula is C24H20N2O4. The number of benzene rings is 1. The topological polar surface area (TPSA) is 78.4 Å². The minimum absolute atomic E-state index is 0.151. The minimum atomic E-state index is -0.446. The summed E-state index contributed by atoms with van der Waals surface area (Å²) in [6.45, 7) is 0.302. The zero-order chi connectivity index (χ0) is 21.0. The summed E-state index contributed by atoms with van der Waals surface area (Å²) >= 11 is 0. The third kappa shape index (κ3) is 7.16. The second-order valence-electron chi connectivity index (χ2n) is 6.21. The van der Waals surface area contributed by atoms with E-state index in [1.54, 1.807) is 48.8 Å². The van der Waals surface area contributed by atoms with Crippen molar-refractivity contribution < 1.29 is 19.1 Å². The normalized spacial score (nSPS) is 10.9. The summed E-state index contributed by atoms with van der Waals surface area (Å²) in [6, 6.07) is 18.2. The van der Waals surface area contributed by atoms with Crippen molar-refractivity contribution in [1.29, 1.82) is 0 Å². The van der Waals surface area contributed by atoms with Crippen molar-refractivity contribution in [3.8, 4) is 0 Å². The lowest BCUT2D eigenvalue weighted by Gasteiger charge is -2.05. The van der Waals surface area contributed by atoms with Gasteiger partial charge in [0.25, 0.3) is 0 Å². The monoisotopic (exact) mass is 400 g/mol. The zero-order valence-electron chi connectivity index (χ0n) is 16.2. The van der Waals surface area contributed by atoms with Crippen LogP contribution in [0.4, 0.5) is 0 Å². The van der Waals surface area contributed by atoms with Gasteiger partial charge in [-0.2, -0.15) is 0 Å². The molecule has 0 fully saturated rings. The lowest BCUT2D eigenvalue weighted by Crippen LogP contribution is -2.02. The van der Waals surface area contributed by atoms with Crippen molar-refractivity contribution in [3.63, 3.8) is 0 Å². The number of carbonyl (C=O) groups is 2. The van der Waals surface area contributed by atoms with Gasteiger partial charge in [0.15, 0.2) is 0 Å². The lowest BCUT2D eigenvalue weighted by atomic mass is 10.1. The van der Waals surface area contributed by atoms with Crippen LogP contribution in [0.5, 0.6) is 0 Å². The molecule has 0 radical (unpaired) electrons. The van der Waals surface area contributed by atoms with E-state index in [2.05, 4.69) is 9.97 Å². The van der Waals surface area contributed by atoms with Gasteiger partial charge in [-0.3, -0.25) is 9.97 Å². The van der Waals surface area contributed by atoms with Crippen LogP contribution in [0.2, 0.25) is 0 Å². The van der Waals surface area contributed by atoms with Crippen LogP contribution >= 0.6 is 0 Å². The molecule has 0 N–H and O–H groups in total. The van der Waals surface area contributed by atoms with E-state index in [0.29, 0.717) is 11.4 Å². The van der Waals surface area contributed by atoms with Gasteiger partial charge in [-0.05, 0) is 47.5 Å². The molecule has 2 heterocycles. The van der Waals surface area contributed by atoms with Crippen molar-refractivity contribution in [2.75, 3.05) is 0 Å². The predicted octanol–water partition coefficient (Wildman–Crippen LogP) is 3.99. The van der Waals surface area contributed by atoms with Crippen LogP contribution in [0, 0.1) is 0 Å². The smallest absolute Gasteiger partial charge is 0.331 e. The average molecular weight is 400 g/mol. The molecule has 0 aliphatic rings. The van der Waals surface area contributed by atoms with Crippen molar-refractivity contribution in [1.82, 2.24) is 9.97 Å². The highest BCUT2D eigenvalue weighted by atomic mass is 16.5. The maximum atomic E-state index is 11.8. The molecule has 0 bridgehead atoms. The fourth-order valence-electron chi connectivity index (χ4n) is 2.39. The number of esters is 2. The molecule has 0 aliphatic carbocycles. The first kappa shape index (κ1) is 20.7. The van der Waals surface area contributed by atoms with E-state index in [-0.39, 0.29) is 13.2 Å². The highest BCUT2D eigenvalue weighted by Crippen LogP contribution is 2.08. The maximum absolute atomic E-state index is 11.8. The SMILES string of the molecule is O=C(C=Cc1ccccn1)OCc1ccc(COC(=O)C=Cc2ccccn2)cc1. The number of carbonyl (C=O) groups excluding carboxylic acids is 2. The van der Waals surface area contributed by atoms with Gasteiger partial charge < -0.3 is 9.47 Å². The van der Waals surface area contributed by atoms with E-state index >= 15 is 0 Å². The summed E-state index contributed by atoms with van der Waals surface area (Å²) in [6.07, 6.45) is 9.19. The van der Waals surface area contributed by atoms with Gasteiger partial charge in [-0.1, -0.05) is 36.4 Å². The quantitative estimate of drug-likeness (QED) is 0.420. The highest BCUT2D eigenvalue weighted by molar-refractivity contribution is 5.87. The van der Waals surface area contributed by atoms with Crippen LogP contribution < -0.4 is 0 Å². The number of hydrogen-bond donors (Lipinski definition) is 0. The predicted molar refractivity (Wildman–Crippen MR) is 113 cm³/mol. The van der Waals surface area contributed by atoms with Gasteiger partial charge in [0.2, 0.25) is 0 Å². The van der Waals surface area contributed by atoms with Gasteiger partial charge in [-0.25, -0.2) is 9.59 Å². The average Bonchev–Trinajstić information content (AvgIpc) is 2.80. The van der Waals surface area contributed by atoms with Crippen molar-refractivity contribution in [2.24, 2.45) is 0 Å². The minimum Gasteiger partial charge on any atom is -0.458 e. The molecule has 150 valence electrons. The van der Waals surface area contributed by atoms with E-state index in [1.807, 2.05) is 36.4 Å². The Morgan fingerprint density at radius 2 is 1.10 bits per heavy atom. The van der Waals surface area contributed by atoms with Crippen LogP contribution in [-0.2, 0) is 32.3 Å². The standard InChI is InChI=1S/C24H20N2O4/c27-23(13-11-21-5-1-3-15-25-21)29-17-19-7-9-20(10-8-19)18-30-24(28)14-12-22-6-2-4-16-26-22/h1-16H,17-18H2. The number of nitrogens with zero attached hydrogens (tertiary/aromatic N) is 2. The summed E-state index contributed by atoms with van der Waals surface area (Å²) in [7, 11) is 0. The number of hydrogen-bond acceptors (Lipinski definition) is 6. The van der Waals surface area contributed by atoms with E-state index in [0.717, 1.165) is 11.1 Å². The Balaban J connectivity index is 1.41. The number of ether oxygens (including phenoxy) is 2. The Bertz CT molecular complexity index is 930. The molecule has 30 heavy (non-hydrogen) atoms. The highest BCUT2D eigenvalue weighted by Gasteiger charge is 2.02. The largest absolute Gasteiger partial charge is 0.458 e. The molecule has 0 unspecified atom stereocenters. The Morgan fingerprint density at radius 3 is 1.47 bits per heavy atom. The second kappa shape index (κ2) is 11.1.